The molecule has 0 bridgehead atoms. The fourth-order valence-corrected chi connectivity index (χ4v) is 4.03. The van der Waals surface area contributed by atoms with Crippen molar-refractivity contribution in [1.82, 2.24) is 20.4 Å². The summed E-state index contributed by atoms with van der Waals surface area (Å²) in [5.74, 6) is 2.37. The van der Waals surface area contributed by atoms with Crippen LogP contribution in [0.1, 0.15) is 47.5 Å². The summed E-state index contributed by atoms with van der Waals surface area (Å²) in [7, 11) is 1.88. The minimum absolute atomic E-state index is 0.494. The molecule has 140 valence electrons. The summed E-state index contributed by atoms with van der Waals surface area (Å²) in [5.41, 5.74) is 0. The Morgan fingerprint density at radius 3 is 2.54 bits per heavy atom. The first-order valence-electron chi connectivity index (χ1n) is 9.86. The van der Waals surface area contributed by atoms with Crippen molar-refractivity contribution in [3.63, 3.8) is 0 Å². The molecule has 2 saturated heterocycles. The number of aliphatic imine (C=N–C) groups is 1. The Hall–Kier alpha value is -0.810. The van der Waals surface area contributed by atoms with E-state index in [9.17, 15) is 0 Å². The van der Waals surface area contributed by atoms with E-state index in [1.165, 1.54) is 32.5 Å². The summed E-state index contributed by atoms with van der Waals surface area (Å²) in [5, 5.41) is 7.24. The highest BCUT2D eigenvalue weighted by atomic mass is 15.3. The van der Waals surface area contributed by atoms with Crippen LogP contribution in [0.25, 0.3) is 0 Å². The average molecular weight is 338 g/mol. The van der Waals surface area contributed by atoms with E-state index < -0.39 is 0 Å². The predicted octanol–water partition coefficient (Wildman–Crippen LogP) is 2.00. The van der Waals surface area contributed by atoms with Crippen LogP contribution in [0.3, 0.4) is 0 Å². The standard InChI is InChI=1S/C19H39N5/c1-14(2)11-23-9-7-8-17(23)10-21-19(20-6)22-18-13-24(15(3)4)12-16(18)5/h14-18H,7-13H2,1-6H3,(H2,20,21,22)/t16?,17-,18?/m1/s1. The number of likely N-dealkylation sites (tertiary alicyclic amines) is 2. The van der Waals surface area contributed by atoms with E-state index in [4.69, 9.17) is 0 Å². The van der Waals surface area contributed by atoms with Crippen LogP contribution in [-0.4, -0.2) is 73.7 Å². The highest BCUT2D eigenvalue weighted by molar-refractivity contribution is 5.80. The Balaban J connectivity index is 1.80. The summed E-state index contributed by atoms with van der Waals surface area (Å²) in [6.07, 6.45) is 2.63. The van der Waals surface area contributed by atoms with Crippen molar-refractivity contribution < 1.29 is 0 Å². The minimum atomic E-state index is 0.494. The van der Waals surface area contributed by atoms with E-state index >= 15 is 0 Å². The van der Waals surface area contributed by atoms with Crippen molar-refractivity contribution in [2.75, 3.05) is 39.8 Å². The Morgan fingerprint density at radius 1 is 1.21 bits per heavy atom. The van der Waals surface area contributed by atoms with Gasteiger partial charge >= 0.3 is 0 Å². The monoisotopic (exact) mass is 337 g/mol. The number of hydrogen-bond donors (Lipinski definition) is 2. The lowest BCUT2D eigenvalue weighted by Crippen LogP contribution is -2.50. The summed E-state index contributed by atoms with van der Waals surface area (Å²) >= 11 is 0. The molecule has 0 aromatic rings. The van der Waals surface area contributed by atoms with Crippen LogP contribution in [0, 0.1) is 11.8 Å². The van der Waals surface area contributed by atoms with Crippen molar-refractivity contribution in [2.24, 2.45) is 16.8 Å². The van der Waals surface area contributed by atoms with E-state index in [-0.39, 0.29) is 0 Å². The van der Waals surface area contributed by atoms with E-state index in [0.29, 0.717) is 24.0 Å². The lowest BCUT2D eigenvalue weighted by Gasteiger charge is -2.28. The van der Waals surface area contributed by atoms with Crippen LogP contribution >= 0.6 is 0 Å². The molecule has 2 fully saturated rings. The highest BCUT2D eigenvalue weighted by Crippen LogP contribution is 2.19. The topological polar surface area (TPSA) is 42.9 Å². The van der Waals surface area contributed by atoms with Gasteiger partial charge in [0.2, 0.25) is 0 Å². The SMILES string of the molecule is CN=C(NC[C@H]1CCCN1CC(C)C)NC1CN(C(C)C)CC1C. The first kappa shape index (κ1) is 19.5. The molecular formula is C19H39N5. The average Bonchev–Trinajstić information content (AvgIpc) is 3.10. The second kappa shape index (κ2) is 9.04. The molecule has 5 nitrogen and oxygen atoms in total. The van der Waals surface area contributed by atoms with Crippen LogP contribution < -0.4 is 10.6 Å². The van der Waals surface area contributed by atoms with Gasteiger partial charge in [0.15, 0.2) is 5.96 Å². The van der Waals surface area contributed by atoms with Gasteiger partial charge in [0.05, 0.1) is 0 Å². The molecule has 0 aromatic carbocycles. The lowest BCUT2D eigenvalue weighted by atomic mass is 10.1. The van der Waals surface area contributed by atoms with Crippen molar-refractivity contribution in [1.29, 1.82) is 0 Å². The zero-order valence-electron chi connectivity index (χ0n) is 16.7. The number of guanidine groups is 1. The van der Waals surface area contributed by atoms with Crippen LogP contribution in [0.2, 0.25) is 0 Å². The molecule has 2 unspecified atom stereocenters. The van der Waals surface area contributed by atoms with Crippen molar-refractivity contribution >= 4 is 5.96 Å². The molecular weight excluding hydrogens is 298 g/mol. The van der Waals surface area contributed by atoms with E-state index in [0.717, 1.165) is 25.0 Å². The minimum Gasteiger partial charge on any atom is -0.355 e. The van der Waals surface area contributed by atoms with Crippen molar-refractivity contribution in [3.05, 3.63) is 0 Å². The third kappa shape index (κ3) is 5.35. The van der Waals surface area contributed by atoms with Gasteiger partial charge in [-0.25, -0.2) is 0 Å². The van der Waals surface area contributed by atoms with Gasteiger partial charge in [-0.1, -0.05) is 20.8 Å². The van der Waals surface area contributed by atoms with Crippen LogP contribution in [0.15, 0.2) is 4.99 Å². The Bertz CT molecular complexity index is 407. The van der Waals surface area contributed by atoms with Crippen molar-refractivity contribution in [2.45, 2.75) is 65.6 Å². The quantitative estimate of drug-likeness (QED) is 0.575. The van der Waals surface area contributed by atoms with Gasteiger partial charge in [0, 0.05) is 51.4 Å². The van der Waals surface area contributed by atoms with Gasteiger partial charge in [-0.2, -0.15) is 0 Å². The summed E-state index contributed by atoms with van der Waals surface area (Å²) in [6.45, 7) is 17.3. The van der Waals surface area contributed by atoms with E-state index in [1.54, 1.807) is 0 Å². The van der Waals surface area contributed by atoms with Gasteiger partial charge in [-0.05, 0) is 45.1 Å². The lowest BCUT2D eigenvalue weighted by molar-refractivity contribution is 0.226. The Labute approximate surface area is 149 Å². The first-order valence-corrected chi connectivity index (χ1v) is 9.86. The zero-order chi connectivity index (χ0) is 17.7. The van der Waals surface area contributed by atoms with Gasteiger partial charge in [-0.15, -0.1) is 0 Å². The summed E-state index contributed by atoms with van der Waals surface area (Å²) in [6, 6.07) is 1.77. The molecule has 2 aliphatic rings. The molecule has 2 rings (SSSR count). The largest absolute Gasteiger partial charge is 0.355 e. The molecule has 2 aliphatic heterocycles. The smallest absolute Gasteiger partial charge is 0.191 e. The van der Waals surface area contributed by atoms with Gasteiger partial charge in [0.25, 0.3) is 0 Å². The van der Waals surface area contributed by atoms with Gasteiger partial charge < -0.3 is 10.6 Å². The number of nitrogens with one attached hydrogen (secondary N) is 2. The molecule has 0 aliphatic carbocycles. The second-order valence-electron chi connectivity index (χ2n) is 8.41. The van der Waals surface area contributed by atoms with Gasteiger partial charge in [-0.3, -0.25) is 14.8 Å². The summed E-state index contributed by atoms with van der Waals surface area (Å²) in [4.78, 5) is 9.66. The third-order valence-corrected chi connectivity index (χ3v) is 5.52. The fourth-order valence-electron chi connectivity index (χ4n) is 4.03. The molecule has 0 radical (unpaired) electrons. The number of nitrogens with zero attached hydrogens (tertiary/aromatic N) is 3. The molecule has 24 heavy (non-hydrogen) atoms. The Morgan fingerprint density at radius 2 is 1.96 bits per heavy atom. The Kier molecular flexibility index (Phi) is 7.35. The van der Waals surface area contributed by atoms with Crippen LogP contribution in [-0.2, 0) is 0 Å². The fraction of sp³-hybridized carbons (Fsp3) is 0.947. The van der Waals surface area contributed by atoms with Crippen molar-refractivity contribution in [3.8, 4) is 0 Å². The molecule has 5 heteroatoms. The molecule has 0 amide bonds. The number of hydrogen-bond acceptors (Lipinski definition) is 3. The maximum atomic E-state index is 4.46. The molecule has 3 atom stereocenters. The second-order valence-corrected chi connectivity index (χ2v) is 8.41. The number of rotatable bonds is 6. The molecule has 0 spiro atoms. The first-order chi connectivity index (χ1) is 11.4. The van der Waals surface area contributed by atoms with E-state index in [1.807, 2.05) is 7.05 Å². The van der Waals surface area contributed by atoms with Crippen LogP contribution in [0.5, 0.6) is 0 Å². The van der Waals surface area contributed by atoms with Gasteiger partial charge in [0.1, 0.15) is 0 Å². The third-order valence-electron chi connectivity index (χ3n) is 5.52. The molecule has 0 aromatic heterocycles. The van der Waals surface area contributed by atoms with E-state index in [2.05, 4.69) is 60.0 Å². The molecule has 2 N–H and O–H groups in total. The molecule has 0 saturated carbocycles. The maximum Gasteiger partial charge on any atom is 0.191 e. The summed E-state index contributed by atoms with van der Waals surface area (Å²) < 4.78 is 0. The predicted molar refractivity (Wildman–Crippen MR) is 104 cm³/mol. The normalized spacial score (nSPS) is 29.8. The molecule has 2 heterocycles. The highest BCUT2D eigenvalue weighted by Gasteiger charge is 2.31. The maximum absolute atomic E-state index is 4.46. The zero-order valence-corrected chi connectivity index (χ0v) is 16.7. The van der Waals surface area contributed by atoms with Crippen LogP contribution in [0.4, 0.5) is 0 Å².